The van der Waals surface area contributed by atoms with Gasteiger partial charge < -0.3 is 9.80 Å². The van der Waals surface area contributed by atoms with Crippen molar-refractivity contribution in [2.45, 2.75) is 39.3 Å². The van der Waals surface area contributed by atoms with Gasteiger partial charge in [0.05, 0.1) is 0 Å². The number of carbonyl (C=O) groups is 3. The second-order valence-electron chi connectivity index (χ2n) is 6.79. The molecule has 1 saturated heterocycles. The first-order valence-corrected chi connectivity index (χ1v) is 9.18. The normalized spacial score (nSPS) is 17.7. The molecule has 0 spiro atoms. The molecule has 1 fully saturated rings. The van der Waals surface area contributed by atoms with Gasteiger partial charge in [0.25, 0.3) is 5.91 Å². The predicted octanol–water partition coefficient (Wildman–Crippen LogP) is 2.27. The molecule has 2 aromatic rings. The number of H-pyrrole nitrogens is 1. The van der Waals surface area contributed by atoms with Gasteiger partial charge in [-0.1, -0.05) is 37.3 Å². The van der Waals surface area contributed by atoms with Gasteiger partial charge in [0.15, 0.2) is 5.78 Å². The number of ketones is 1. The zero-order chi connectivity index (χ0) is 19.4. The quantitative estimate of drug-likeness (QED) is 0.820. The number of rotatable bonds is 5. The average Bonchev–Trinajstić information content (AvgIpc) is 3.12. The molecule has 0 bridgehead atoms. The highest BCUT2D eigenvalue weighted by Crippen LogP contribution is 2.19. The Morgan fingerprint density at radius 1 is 1.26 bits per heavy atom. The van der Waals surface area contributed by atoms with E-state index in [2.05, 4.69) is 10.2 Å². The van der Waals surface area contributed by atoms with Crippen molar-refractivity contribution in [2.75, 3.05) is 13.1 Å². The summed E-state index contributed by atoms with van der Waals surface area (Å²) in [5.74, 6) is -0.380. The van der Waals surface area contributed by atoms with Crippen molar-refractivity contribution in [1.82, 2.24) is 20.0 Å². The van der Waals surface area contributed by atoms with E-state index in [1.54, 1.807) is 4.90 Å². The number of amides is 2. The van der Waals surface area contributed by atoms with Gasteiger partial charge >= 0.3 is 0 Å². The summed E-state index contributed by atoms with van der Waals surface area (Å²) in [6.07, 6.45) is 1.03. The lowest BCUT2D eigenvalue weighted by Crippen LogP contribution is -2.43. The van der Waals surface area contributed by atoms with Gasteiger partial charge in [0.1, 0.15) is 11.4 Å². The maximum absolute atomic E-state index is 12.8. The maximum Gasteiger partial charge on any atom is 0.271 e. The predicted molar refractivity (Wildman–Crippen MR) is 100 cm³/mol. The van der Waals surface area contributed by atoms with E-state index < -0.39 is 0 Å². The van der Waals surface area contributed by atoms with Crippen molar-refractivity contribution >= 4 is 17.6 Å². The highest BCUT2D eigenvalue weighted by Gasteiger charge is 2.31. The minimum Gasteiger partial charge on any atom is -0.335 e. The largest absolute Gasteiger partial charge is 0.335 e. The average molecular weight is 368 g/mol. The minimum atomic E-state index is -0.234. The Bertz CT molecular complexity index is 831. The van der Waals surface area contributed by atoms with Crippen LogP contribution in [0.1, 0.15) is 53.2 Å². The van der Waals surface area contributed by atoms with Crippen LogP contribution >= 0.6 is 0 Å². The molecule has 2 heterocycles. The first-order valence-electron chi connectivity index (χ1n) is 9.18. The summed E-state index contributed by atoms with van der Waals surface area (Å²) >= 11 is 0. The molecule has 1 aliphatic rings. The van der Waals surface area contributed by atoms with Gasteiger partial charge in [0, 0.05) is 39.0 Å². The van der Waals surface area contributed by atoms with Crippen LogP contribution in [0.15, 0.2) is 36.4 Å². The fraction of sp³-hybridized carbons (Fsp3) is 0.400. The number of aromatic nitrogens is 2. The van der Waals surface area contributed by atoms with Crippen LogP contribution in [0, 0.1) is 0 Å². The number of hydrogen-bond donors (Lipinski definition) is 1. The fourth-order valence-corrected chi connectivity index (χ4v) is 3.34. The van der Waals surface area contributed by atoms with E-state index in [-0.39, 0.29) is 41.4 Å². The maximum atomic E-state index is 12.8. The molecular formula is C20H24N4O3. The van der Waals surface area contributed by atoms with Crippen LogP contribution in [0.25, 0.3) is 0 Å². The number of aromatic amines is 1. The molecule has 1 aromatic heterocycles. The SMILES string of the molecule is CC[C@H]1CN(C(=O)c2cc(C(C)=O)n[nH]2)CCC(=O)N1Cc1ccccc1. The Hall–Kier alpha value is -2.96. The zero-order valence-corrected chi connectivity index (χ0v) is 15.6. The van der Waals surface area contributed by atoms with Crippen molar-refractivity contribution < 1.29 is 14.4 Å². The fourth-order valence-electron chi connectivity index (χ4n) is 3.34. The van der Waals surface area contributed by atoms with Crippen LogP contribution in [0.4, 0.5) is 0 Å². The Labute approximate surface area is 158 Å². The van der Waals surface area contributed by atoms with Gasteiger partial charge in [-0.15, -0.1) is 0 Å². The summed E-state index contributed by atoms with van der Waals surface area (Å²) in [5, 5.41) is 6.52. The molecule has 1 N–H and O–H groups in total. The summed E-state index contributed by atoms with van der Waals surface area (Å²) in [6.45, 7) is 4.78. The third-order valence-corrected chi connectivity index (χ3v) is 4.91. The van der Waals surface area contributed by atoms with Crippen LogP contribution in [0.2, 0.25) is 0 Å². The molecule has 0 radical (unpaired) electrons. The third-order valence-electron chi connectivity index (χ3n) is 4.91. The number of carbonyl (C=O) groups excluding carboxylic acids is 3. The summed E-state index contributed by atoms with van der Waals surface area (Å²) < 4.78 is 0. The molecule has 1 aliphatic heterocycles. The molecule has 7 heteroatoms. The number of nitrogens with one attached hydrogen (secondary N) is 1. The molecule has 0 aliphatic carbocycles. The Balaban J connectivity index is 1.77. The van der Waals surface area contributed by atoms with Crippen LogP contribution in [-0.2, 0) is 11.3 Å². The van der Waals surface area contributed by atoms with Crippen molar-refractivity contribution in [3.05, 3.63) is 53.3 Å². The molecule has 142 valence electrons. The standard InChI is InChI=1S/C20H24N4O3/c1-3-16-13-23(20(27)18-11-17(14(2)25)21-22-18)10-9-19(26)24(16)12-15-7-5-4-6-8-15/h4-8,11,16H,3,9-10,12-13H2,1-2H3,(H,21,22)/t16-/m0/s1. The van der Waals surface area contributed by atoms with Crippen LogP contribution in [0.3, 0.4) is 0 Å². The number of benzene rings is 1. The molecule has 27 heavy (non-hydrogen) atoms. The van der Waals surface area contributed by atoms with Gasteiger partial charge in [-0.3, -0.25) is 19.5 Å². The van der Waals surface area contributed by atoms with E-state index in [0.717, 1.165) is 12.0 Å². The molecule has 1 aromatic carbocycles. The second kappa shape index (κ2) is 8.16. The molecular weight excluding hydrogens is 344 g/mol. The van der Waals surface area contributed by atoms with E-state index >= 15 is 0 Å². The van der Waals surface area contributed by atoms with Crippen molar-refractivity contribution in [3.63, 3.8) is 0 Å². The van der Waals surface area contributed by atoms with Crippen LogP contribution in [0.5, 0.6) is 0 Å². The lowest BCUT2D eigenvalue weighted by atomic mass is 10.1. The smallest absolute Gasteiger partial charge is 0.271 e. The van der Waals surface area contributed by atoms with Crippen LogP contribution < -0.4 is 0 Å². The van der Waals surface area contributed by atoms with Crippen molar-refractivity contribution in [2.24, 2.45) is 0 Å². The van der Waals surface area contributed by atoms with Crippen molar-refractivity contribution in [3.8, 4) is 0 Å². The lowest BCUT2D eigenvalue weighted by molar-refractivity contribution is -0.133. The van der Waals surface area contributed by atoms with E-state index in [1.807, 2.05) is 42.2 Å². The third kappa shape index (κ3) is 4.24. The van der Waals surface area contributed by atoms with Crippen molar-refractivity contribution in [1.29, 1.82) is 0 Å². The molecule has 0 unspecified atom stereocenters. The summed E-state index contributed by atoms with van der Waals surface area (Å²) in [7, 11) is 0. The first-order chi connectivity index (χ1) is 13.0. The molecule has 1 atom stereocenters. The van der Waals surface area contributed by atoms with E-state index in [4.69, 9.17) is 0 Å². The highest BCUT2D eigenvalue weighted by molar-refractivity contribution is 5.97. The molecule has 7 nitrogen and oxygen atoms in total. The van der Waals surface area contributed by atoms with Gasteiger partial charge in [-0.25, -0.2) is 0 Å². The summed E-state index contributed by atoms with van der Waals surface area (Å²) in [6, 6.07) is 11.3. The van der Waals surface area contributed by atoms with Gasteiger partial charge in [0.2, 0.25) is 5.91 Å². The summed E-state index contributed by atoms with van der Waals surface area (Å²) in [5.41, 5.74) is 1.59. The minimum absolute atomic E-state index is 0.0510. The number of nitrogens with zero attached hydrogens (tertiary/aromatic N) is 3. The summed E-state index contributed by atoms with van der Waals surface area (Å²) in [4.78, 5) is 40.5. The Kier molecular flexibility index (Phi) is 5.69. The second-order valence-corrected chi connectivity index (χ2v) is 6.79. The monoisotopic (exact) mass is 368 g/mol. The first kappa shape index (κ1) is 18.8. The van der Waals surface area contributed by atoms with E-state index in [9.17, 15) is 14.4 Å². The molecule has 2 amide bonds. The molecule has 0 saturated carbocycles. The highest BCUT2D eigenvalue weighted by atomic mass is 16.2. The van der Waals surface area contributed by atoms with E-state index in [0.29, 0.717) is 19.6 Å². The van der Waals surface area contributed by atoms with E-state index in [1.165, 1.54) is 13.0 Å². The topological polar surface area (TPSA) is 86.4 Å². The molecule has 3 rings (SSSR count). The number of Topliss-reactive ketones (excluding diaryl/α,β-unsaturated/α-hetero) is 1. The lowest BCUT2D eigenvalue weighted by Gasteiger charge is -2.31. The van der Waals surface area contributed by atoms with Gasteiger partial charge in [-0.2, -0.15) is 5.10 Å². The van der Waals surface area contributed by atoms with Crippen LogP contribution in [-0.4, -0.2) is 56.7 Å². The Morgan fingerprint density at radius 3 is 2.63 bits per heavy atom. The number of hydrogen-bond acceptors (Lipinski definition) is 4. The Morgan fingerprint density at radius 2 is 2.00 bits per heavy atom. The van der Waals surface area contributed by atoms with Gasteiger partial charge in [-0.05, 0) is 18.1 Å². The zero-order valence-electron chi connectivity index (χ0n) is 15.6.